The number of tetrazole rings is 1. The highest BCUT2D eigenvalue weighted by atomic mass is 16.4. The van der Waals surface area contributed by atoms with E-state index in [0.29, 0.717) is 12.2 Å². The number of fused-ring (bicyclic) bond motifs is 1. The number of carbonyl (C=O) groups is 1. The molecular formula is C13H12N6O2. The van der Waals surface area contributed by atoms with E-state index in [9.17, 15) is 4.79 Å². The molecule has 0 aliphatic rings. The van der Waals surface area contributed by atoms with Gasteiger partial charge in [-0.05, 0) is 40.3 Å². The third-order valence-corrected chi connectivity index (χ3v) is 3.07. The molecule has 1 aromatic carbocycles. The van der Waals surface area contributed by atoms with Crippen LogP contribution in [0.5, 0.6) is 0 Å². The molecule has 0 aliphatic heterocycles. The summed E-state index contributed by atoms with van der Waals surface area (Å²) < 4.78 is 1.36. The van der Waals surface area contributed by atoms with E-state index < -0.39 is 5.97 Å². The summed E-state index contributed by atoms with van der Waals surface area (Å²) in [5.74, 6) is -0.210. The molecule has 3 aromatic rings. The molecule has 3 rings (SSSR count). The predicted molar refractivity (Wildman–Crippen MR) is 74.1 cm³/mol. The number of rotatable bonds is 4. The average Bonchev–Trinajstić information content (AvgIpc) is 2.95. The minimum Gasteiger partial charge on any atom is -0.478 e. The number of anilines is 1. The first-order chi connectivity index (χ1) is 10.1. The molecule has 0 saturated carbocycles. The zero-order valence-corrected chi connectivity index (χ0v) is 11.2. The first-order valence-electron chi connectivity index (χ1n) is 6.22. The van der Waals surface area contributed by atoms with E-state index in [0.717, 1.165) is 11.4 Å². The number of hydrogen-bond donors (Lipinski definition) is 1. The lowest BCUT2D eigenvalue weighted by atomic mass is 10.1. The molecule has 0 bridgehead atoms. The highest BCUT2D eigenvalue weighted by molar-refractivity contribution is 5.87. The van der Waals surface area contributed by atoms with Crippen LogP contribution in [-0.2, 0) is 6.54 Å². The Balaban J connectivity index is 1.78. The summed E-state index contributed by atoms with van der Waals surface area (Å²) in [6.07, 6.45) is 0. The van der Waals surface area contributed by atoms with Crippen LogP contribution in [-0.4, -0.2) is 43.4 Å². The Morgan fingerprint density at radius 3 is 2.71 bits per heavy atom. The zero-order chi connectivity index (χ0) is 14.8. The fraction of sp³-hybridized carbons (Fsp3) is 0.154. The van der Waals surface area contributed by atoms with E-state index in [1.807, 2.05) is 18.0 Å². The summed E-state index contributed by atoms with van der Waals surface area (Å²) in [6, 6.07) is 10.4. The Bertz CT molecular complexity index is 783. The van der Waals surface area contributed by atoms with Gasteiger partial charge in [0.2, 0.25) is 0 Å². The molecule has 0 saturated heterocycles. The Labute approximate surface area is 119 Å². The van der Waals surface area contributed by atoms with Gasteiger partial charge in [0.05, 0.1) is 5.56 Å². The molecule has 106 valence electrons. The van der Waals surface area contributed by atoms with Gasteiger partial charge in [-0.25, -0.2) is 4.79 Å². The normalized spacial score (nSPS) is 10.7. The predicted octanol–water partition coefficient (Wildman–Crippen LogP) is 0.854. The van der Waals surface area contributed by atoms with Crippen molar-refractivity contribution in [2.24, 2.45) is 0 Å². The molecule has 0 unspecified atom stereocenters. The summed E-state index contributed by atoms with van der Waals surface area (Å²) >= 11 is 0. The van der Waals surface area contributed by atoms with Crippen molar-refractivity contribution in [3.8, 4) is 0 Å². The quantitative estimate of drug-likeness (QED) is 0.758. The highest BCUT2D eigenvalue weighted by Gasteiger charge is 2.07. The maximum atomic E-state index is 10.8. The molecule has 0 aliphatic carbocycles. The Kier molecular flexibility index (Phi) is 3.19. The standard InChI is InChI=1S/C13H12N6O2/c1-18(8-9-2-4-10(5-3-9)13(20)21)12-7-6-11-14-16-17-19(11)15-12/h2-7H,8H2,1H3,(H,20,21). The van der Waals surface area contributed by atoms with Crippen molar-refractivity contribution in [3.05, 3.63) is 47.5 Å². The first-order valence-corrected chi connectivity index (χ1v) is 6.22. The fourth-order valence-electron chi connectivity index (χ4n) is 1.95. The van der Waals surface area contributed by atoms with Crippen molar-refractivity contribution >= 4 is 17.4 Å². The first kappa shape index (κ1) is 13.0. The molecule has 0 amide bonds. The van der Waals surface area contributed by atoms with Crippen LogP contribution in [0.1, 0.15) is 15.9 Å². The van der Waals surface area contributed by atoms with Crippen LogP contribution in [0, 0.1) is 0 Å². The summed E-state index contributed by atoms with van der Waals surface area (Å²) in [5.41, 5.74) is 1.84. The molecule has 21 heavy (non-hydrogen) atoms. The van der Waals surface area contributed by atoms with Gasteiger partial charge in [-0.2, -0.15) is 0 Å². The van der Waals surface area contributed by atoms with Gasteiger partial charge in [-0.3, -0.25) is 0 Å². The third kappa shape index (κ3) is 2.64. The molecule has 0 atom stereocenters. The van der Waals surface area contributed by atoms with Crippen LogP contribution in [0.15, 0.2) is 36.4 Å². The van der Waals surface area contributed by atoms with Crippen LogP contribution in [0.25, 0.3) is 5.65 Å². The van der Waals surface area contributed by atoms with E-state index in [1.165, 1.54) is 4.63 Å². The van der Waals surface area contributed by atoms with Gasteiger partial charge in [0.15, 0.2) is 11.5 Å². The second-order valence-electron chi connectivity index (χ2n) is 4.58. The van der Waals surface area contributed by atoms with Gasteiger partial charge in [0.25, 0.3) is 0 Å². The van der Waals surface area contributed by atoms with Crippen LogP contribution in [0.4, 0.5) is 5.82 Å². The minimum absolute atomic E-state index is 0.273. The SMILES string of the molecule is CN(Cc1ccc(C(=O)O)cc1)c1ccc2nnnn2n1. The average molecular weight is 284 g/mol. The van der Waals surface area contributed by atoms with Gasteiger partial charge < -0.3 is 10.0 Å². The van der Waals surface area contributed by atoms with E-state index in [4.69, 9.17) is 5.11 Å². The molecule has 0 radical (unpaired) electrons. The Morgan fingerprint density at radius 2 is 2.00 bits per heavy atom. The molecule has 2 aromatic heterocycles. The number of aromatic nitrogens is 5. The monoisotopic (exact) mass is 284 g/mol. The second-order valence-corrected chi connectivity index (χ2v) is 4.58. The van der Waals surface area contributed by atoms with Gasteiger partial charge in [-0.1, -0.05) is 12.1 Å². The Morgan fingerprint density at radius 1 is 1.24 bits per heavy atom. The smallest absolute Gasteiger partial charge is 0.335 e. The van der Waals surface area contributed by atoms with Crippen LogP contribution in [0.3, 0.4) is 0 Å². The summed E-state index contributed by atoms with van der Waals surface area (Å²) in [7, 11) is 1.89. The van der Waals surface area contributed by atoms with Crippen molar-refractivity contribution in [1.29, 1.82) is 0 Å². The number of carboxylic acid groups (broad SMARTS) is 1. The fourth-order valence-corrected chi connectivity index (χ4v) is 1.95. The maximum absolute atomic E-state index is 10.8. The van der Waals surface area contributed by atoms with Gasteiger partial charge in [0, 0.05) is 13.6 Å². The Hall–Kier alpha value is -3.03. The van der Waals surface area contributed by atoms with Gasteiger partial charge in [0.1, 0.15) is 0 Å². The molecular weight excluding hydrogens is 272 g/mol. The van der Waals surface area contributed by atoms with E-state index in [2.05, 4.69) is 20.6 Å². The largest absolute Gasteiger partial charge is 0.478 e. The molecule has 8 heteroatoms. The van der Waals surface area contributed by atoms with E-state index >= 15 is 0 Å². The topological polar surface area (TPSA) is 96.5 Å². The number of nitrogens with zero attached hydrogens (tertiary/aromatic N) is 6. The van der Waals surface area contributed by atoms with Crippen molar-refractivity contribution < 1.29 is 9.90 Å². The van der Waals surface area contributed by atoms with Crippen LogP contribution >= 0.6 is 0 Å². The number of aromatic carboxylic acids is 1. The van der Waals surface area contributed by atoms with Crippen molar-refractivity contribution in [1.82, 2.24) is 25.3 Å². The zero-order valence-electron chi connectivity index (χ0n) is 11.2. The third-order valence-electron chi connectivity index (χ3n) is 3.07. The van der Waals surface area contributed by atoms with Crippen molar-refractivity contribution in [3.63, 3.8) is 0 Å². The maximum Gasteiger partial charge on any atom is 0.335 e. The number of benzene rings is 1. The van der Waals surface area contributed by atoms with Gasteiger partial charge >= 0.3 is 5.97 Å². The number of hydrogen-bond acceptors (Lipinski definition) is 6. The molecule has 1 N–H and O–H groups in total. The second kappa shape index (κ2) is 5.16. The van der Waals surface area contributed by atoms with E-state index in [-0.39, 0.29) is 5.56 Å². The lowest BCUT2D eigenvalue weighted by Gasteiger charge is -2.17. The molecule has 0 fully saturated rings. The highest BCUT2D eigenvalue weighted by Crippen LogP contribution is 2.13. The summed E-state index contributed by atoms with van der Waals surface area (Å²) in [5, 5.41) is 24.2. The lowest BCUT2D eigenvalue weighted by Crippen LogP contribution is -2.18. The van der Waals surface area contributed by atoms with Gasteiger partial charge in [-0.15, -0.1) is 14.8 Å². The number of carboxylic acids is 1. The summed E-state index contributed by atoms with van der Waals surface area (Å²) in [6.45, 7) is 0.598. The molecule has 2 heterocycles. The minimum atomic E-state index is -0.930. The lowest BCUT2D eigenvalue weighted by molar-refractivity contribution is 0.0697. The van der Waals surface area contributed by atoms with Crippen LogP contribution in [0.2, 0.25) is 0 Å². The van der Waals surface area contributed by atoms with Crippen molar-refractivity contribution in [2.45, 2.75) is 6.54 Å². The molecule has 0 spiro atoms. The van der Waals surface area contributed by atoms with E-state index in [1.54, 1.807) is 30.3 Å². The molecule has 8 nitrogen and oxygen atoms in total. The van der Waals surface area contributed by atoms with Crippen LogP contribution < -0.4 is 4.90 Å². The summed E-state index contributed by atoms with van der Waals surface area (Å²) in [4.78, 5) is 12.7. The van der Waals surface area contributed by atoms with Crippen molar-refractivity contribution in [2.75, 3.05) is 11.9 Å².